The molecule has 1 fully saturated rings. The highest BCUT2D eigenvalue weighted by molar-refractivity contribution is 6.04. The van der Waals surface area contributed by atoms with Crippen LogP contribution in [0.25, 0.3) is 0 Å². The van der Waals surface area contributed by atoms with Gasteiger partial charge in [-0.3, -0.25) is 14.6 Å². The largest absolute Gasteiger partial charge is 0.369 e. The van der Waals surface area contributed by atoms with Crippen molar-refractivity contribution < 1.29 is 9.59 Å². The van der Waals surface area contributed by atoms with E-state index in [9.17, 15) is 9.59 Å². The van der Waals surface area contributed by atoms with Crippen LogP contribution in [-0.4, -0.2) is 61.5 Å². The molecule has 1 aromatic heterocycles. The number of nitrogens with zero attached hydrogens (tertiary/aromatic N) is 3. The van der Waals surface area contributed by atoms with E-state index in [-0.39, 0.29) is 17.5 Å². The first-order valence-corrected chi connectivity index (χ1v) is 10.0. The SMILES string of the molecule is CC(C)CNC(=O)c1ccnc(C(=O)Nc2ccc(N3CCN(C)CC3)cc2)c1. The molecule has 3 rings (SSSR count). The monoisotopic (exact) mass is 395 g/mol. The number of piperazine rings is 1. The minimum absolute atomic E-state index is 0.202. The van der Waals surface area contributed by atoms with Crippen LogP contribution in [0.3, 0.4) is 0 Å². The summed E-state index contributed by atoms with van der Waals surface area (Å²) in [6, 6.07) is 10.9. The van der Waals surface area contributed by atoms with Crippen LogP contribution < -0.4 is 15.5 Å². The van der Waals surface area contributed by atoms with Gasteiger partial charge in [-0.25, -0.2) is 0 Å². The molecule has 1 aliphatic rings. The Morgan fingerprint density at radius 1 is 1.03 bits per heavy atom. The summed E-state index contributed by atoms with van der Waals surface area (Å²) in [4.78, 5) is 33.5. The van der Waals surface area contributed by atoms with Crippen LogP contribution in [0.5, 0.6) is 0 Å². The number of hydrogen-bond acceptors (Lipinski definition) is 5. The van der Waals surface area contributed by atoms with E-state index in [1.54, 1.807) is 6.07 Å². The predicted molar refractivity (Wildman–Crippen MR) is 116 cm³/mol. The summed E-state index contributed by atoms with van der Waals surface area (Å²) in [5, 5.41) is 5.70. The van der Waals surface area contributed by atoms with Gasteiger partial charge in [0, 0.05) is 55.9 Å². The standard InChI is InChI=1S/C22H29N5O2/c1-16(2)15-24-21(28)17-8-9-23-20(14-17)22(29)25-18-4-6-19(7-5-18)27-12-10-26(3)11-13-27/h4-9,14,16H,10-13,15H2,1-3H3,(H,24,28)(H,25,29). The molecule has 1 saturated heterocycles. The maximum atomic E-state index is 12.6. The van der Waals surface area contributed by atoms with Crippen molar-refractivity contribution in [3.63, 3.8) is 0 Å². The van der Waals surface area contributed by atoms with E-state index in [1.165, 1.54) is 12.3 Å². The molecule has 0 saturated carbocycles. The number of rotatable bonds is 6. The molecule has 2 aromatic rings. The maximum Gasteiger partial charge on any atom is 0.274 e. The zero-order valence-electron chi connectivity index (χ0n) is 17.3. The third kappa shape index (κ3) is 5.77. The minimum Gasteiger partial charge on any atom is -0.369 e. The van der Waals surface area contributed by atoms with Gasteiger partial charge in [-0.15, -0.1) is 0 Å². The molecule has 0 aliphatic carbocycles. The van der Waals surface area contributed by atoms with E-state index < -0.39 is 0 Å². The third-order valence-corrected chi connectivity index (χ3v) is 4.92. The Morgan fingerprint density at radius 3 is 2.38 bits per heavy atom. The molecule has 1 aliphatic heterocycles. The third-order valence-electron chi connectivity index (χ3n) is 4.92. The van der Waals surface area contributed by atoms with Gasteiger partial charge in [0.1, 0.15) is 5.69 Å². The van der Waals surface area contributed by atoms with Crippen molar-refractivity contribution in [1.82, 2.24) is 15.2 Å². The molecule has 2 heterocycles. The van der Waals surface area contributed by atoms with E-state index in [0.29, 0.717) is 23.7 Å². The van der Waals surface area contributed by atoms with Gasteiger partial charge >= 0.3 is 0 Å². The molecule has 7 nitrogen and oxygen atoms in total. The van der Waals surface area contributed by atoms with Crippen molar-refractivity contribution in [3.8, 4) is 0 Å². The number of pyridine rings is 1. The molecular formula is C22H29N5O2. The lowest BCUT2D eigenvalue weighted by atomic mass is 10.2. The average molecular weight is 396 g/mol. The quantitative estimate of drug-likeness (QED) is 0.786. The smallest absolute Gasteiger partial charge is 0.274 e. The van der Waals surface area contributed by atoms with Crippen LogP contribution in [0.2, 0.25) is 0 Å². The highest BCUT2D eigenvalue weighted by Gasteiger charge is 2.15. The van der Waals surface area contributed by atoms with Gasteiger partial charge in [0.25, 0.3) is 11.8 Å². The Morgan fingerprint density at radius 2 is 1.72 bits per heavy atom. The van der Waals surface area contributed by atoms with Crippen molar-refractivity contribution in [3.05, 3.63) is 53.9 Å². The minimum atomic E-state index is -0.337. The fourth-order valence-electron chi connectivity index (χ4n) is 3.11. The van der Waals surface area contributed by atoms with Gasteiger partial charge < -0.3 is 20.4 Å². The van der Waals surface area contributed by atoms with Crippen LogP contribution in [0.15, 0.2) is 42.6 Å². The van der Waals surface area contributed by atoms with Gasteiger partial charge in [-0.05, 0) is 49.4 Å². The summed E-state index contributed by atoms with van der Waals surface area (Å²) < 4.78 is 0. The van der Waals surface area contributed by atoms with Crippen LogP contribution in [0, 0.1) is 5.92 Å². The molecule has 0 spiro atoms. The summed E-state index contributed by atoms with van der Waals surface area (Å²) in [7, 11) is 2.13. The molecule has 154 valence electrons. The molecule has 0 unspecified atom stereocenters. The zero-order chi connectivity index (χ0) is 20.8. The summed E-state index contributed by atoms with van der Waals surface area (Å²) in [5.74, 6) is -0.181. The molecule has 1 aromatic carbocycles. The van der Waals surface area contributed by atoms with E-state index in [0.717, 1.165) is 31.9 Å². The molecular weight excluding hydrogens is 366 g/mol. The number of hydrogen-bond donors (Lipinski definition) is 2. The van der Waals surface area contributed by atoms with Crippen molar-refractivity contribution >= 4 is 23.2 Å². The predicted octanol–water partition coefficient (Wildman–Crippen LogP) is 2.47. The first-order chi connectivity index (χ1) is 13.9. The first kappa shape index (κ1) is 20.8. The first-order valence-electron chi connectivity index (χ1n) is 10.0. The number of nitrogens with one attached hydrogen (secondary N) is 2. The Labute approximate surface area is 172 Å². The summed E-state index contributed by atoms with van der Waals surface area (Å²) in [6.45, 7) is 8.73. The maximum absolute atomic E-state index is 12.6. The van der Waals surface area contributed by atoms with E-state index in [2.05, 4.69) is 32.5 Å². The highest BCUT2D eigenvalue weighted by Crippen LogP contribution is 2.19. The van der Waals surface area contributed by atoms with Crippen molar-refractivity contribution in [2.24, 2.45) is 5.92 Å². The van der Waals surface area contributed by atoms with Gasteiger partial charge in [0.05, 0.1) is 0 Å². The van der Waals surface area contributed by atoms with E-state index >= 15 is 0 Å². The number of likely N-dealkylation sites (N-methyl/N-ethyl adjacent to an activating group) is 1. The number of amides is 2. The van der Waals surface area contributed by atoms with Crippen LogP contribution >= 0.6 is 0 Å². The summed E-state index contributed by atoms with van der Waals surface area (Å²) in [5.41, 5.74) is 2.49. The zero-order valence-corrected chi connectivity index (χ0v) is 17.3. The topological polar surface area (TPSA) is 77.6 Å². The Hall–Kier alpha value is -2.93. The second-order valence-corrected chi connectivity index (χ2v) is 7.82. The van der Waals surface area contributed by atoms with Crippen molar-refractivity contribution in [2.45, 2.75) is 13.8 Å². The molecule has 2 amide bonds. The van der Waals surface area contributed by atoms with E-state index in [4.69, 9.17) is 0 Å². The highest BCUT2D eigenvalue weighted by atomic mass is 16.2. The molecule has 7 heteroatoms. The second kappa shape index (κ2) is 9.52. The van der Waals surface area contributed by atoms with E-state index in [1.807, 2.05) is 38.1 Å². The van der Waals surface area contributed by atoms with Crippen LogP contribution in [0.4, 0.5) is 11.4 Å². The van der Waals surface area contributed by atoms with Crippen molar-refractivity contribution in [2.75, 3.05) is 50.0 Å². The summed E-state index contributed by atoms with van der Waals surface area (Å²) >= 11 is 0. The lowest BCUT2D eigenvalue weighted by Crippen LogP contribution is -2.44. The number of carbonyl (C=O) groups excluding carboxylic acids is 2. The lowest BCUT2D eigenvalue weighted by Gasteiger charge is -2.34. The molecule has 0 bridgehead atoms. The van der Waals surface area contributed by atoms with Gasteiger partial charge in [-0.1, -0.05) is 13.8 Å². The molecule has 29 heavy (non-hydrogen) atoms. The lowest BCUT2D eigenvalue weighted by molar-refractivity contribution is 0.0949. The number of anilines is 2. The Bertz CT molecular complexity index is 843. The van der Waals surface area contributed by atoms with Crippen LogP contribution in [-0.2, 0) is 0 Å². The second-order valence-electron chi connectivity index (χ2n) is 7.82. The van der Waals surface area contributed by atoms with Gasteiger partial charge in [0.15, 0.2) is 0 Å². The van der Waals surface area contributed by atoms with Crippen LogP contribution in [0.1, 0.15) is 34.7 Å². The fourth-order valence-corrected chi connectivity index (χ4v) is 3.11. The molecule has 0 atom stereocenters. The normalized spacial score (nSPS) is 14.7. The van der Waals surface area contributed by atoms with Gasteiger partial charge in [0.2, 0.25) is 0 Å². The Balaban J connectivity index is 1.61. The average Bonchev–Trinajstić information content (AvgIpc) is 2.73. The number of carbonyl (C=O) groups is 2. The molecule has 0 radical (unpaired) electrons. The Kier molecular flexibility index (Phi) is 6.82. The van der Waals surface area contributed by atoms with Crippen molar-refractivity contribution in [1.29, 1.82) is 0 Å². The summed E-state index contributed by atoms with van der Waals surface area (Å²) in [6.07, 6.45) is 1.48. The molecule has 2 N–H and O–H groups in total. The van der Waals surface area contributed by atoms with Gasteiger partial charge in [-0.2, -0.15) is 0 Å². The number of aromatic nitrogens is 1. The number of benzene rings is 1. The fraction of sp³-hybridized carbons (Fsp3) is 0.409.